The van der Waals surface area contributed by atoms with Gasteiger partial charge < -0.3 is 119 Å². The Bertz CT molecular complexity index is 1800. The summed E-state index contributed by atoms with van der Waals surface area (Å²) in [6.45, 7) is -2.26. The number of carboxylic acid groups (broad SMARTS) is 1. The van der Waals surface area contributed by atoms with E-state index < -0.39 is 203 Å². The van der Waals surface area contributed by atoms with Crippen LogP contribution >= 0.6 is 0 Å². The topological polar surface area (TPSA) is 438 Å². The Morgan fingerprint density at radius 2 is 1.01 bits per heavy atom. The van der Waals surface area contributed by atoms with Gasteiger partial charge in [0.25, 0.3) is 0 Å². The molecule has 72 heavy (non-hydrogen) atoms. The first kappa shape index (κ1) is 57.0. The molecule has 3 aliphatic carbocycles. The fraction of sp³-hybridized carbons (Fsp3) is 0.889. The third-order valence-corrected chi connectivity index (χ3v) is 14.9. The maximum Gasteiger partial charge on any atom is 0.330 e. The second kappa shape index (κ2) is 25.0. The van der Waals surface area contributed by atoms with Crippen molar-refractivity contribution in [1.82, 2.24) is 0 Å². The van der Waals surface area contributed by atoms with Crippen molar-refractivity contribution in [1.29, 1.82) is 0 Å². The lowest BCUT2D eigenvalue weighted by atomic mass is 9.72. The highest BCUT2D eigenvalue weighted by molar-refractivity contribution is 5.90. The van der Waals surface area contributed by atoms with Gasteiger partial charge >= 0.3 is 17.9 Å². The number of allylic oxidation sites excluding steroid dienone is 1. The number of esters is 2. The SMILES string of the molecule is O=C(O)CC(=O)OCC1OC(OC2CC3C(O)CC(O)CC3OC2C2CC(OC3OC(CO)C(O)C(O)C3O)C(O)C(OC3OC(COC(=O)C=CC4CCC(O)CC4)C(O)C(O)C3O)C2)C(O)C(O)C1O. The molecule has 25 unspecified atom stereocenters. The number of aliphatic hydroxyl groups is 14. The molecule has 4 saturated heterocycles. The van der Waals surface area contributed by atoms with Gasteiger partial charge in [-0.1, -0.05) is 6.08 Å². The van der Waals surface area contributed by atoms with Crippen LogP contribution in [0.3, 0.4) is 0 Å². The molecule has 3 saturated carbocycles. The molecule has 0 amide bonds. The molecule has 7 aliphatic rings. The number of fused-ring (bicyclic) bond motifs is 1. The first-order valence-corrected chi connectivity index (χ1v) is 24.4. The molecule has 7 rings (SSSR count). The predicted molar refractivity (Wildman–Crippen MR) is 230 cm³/mol. The summed E-state index contributed by atoms with van der Waals surface area (Å²) in [6, 6.07) is 0. The van der Waals surface area contributed by atoms with Gasteiger partial charge in [-0.3, -0.25) is 9.59 Å². The summed E-state index contributed by atoms with van der Waals surface area (Å²) in [5.74, 6) is -5.19. The maximum absolute atomic E-state index is 12.7. The quantitative estimate of drug-likeness (QED) is 0.0388. The molecule has 0 aromatic heterocycles. The summed E-state index contributed by atoms with van der Waals surface area (Å²) >= 11 is 0. The van der Waals surface area contributed by atoms with Gasteiger partial charge in [-0.15, -0.1) is 0 Å². The minimum absolute atomic E-state index is 0.0207. The van der Waals surface area contributed by atoms with Gasteiger partial charge in [0.2, 0.25) is 0 Å². The van der Waals surface area contributed by atoms with Crippen LogP contribution in [0.25, 0.3) is 0 Å². The Kier molecular flexibility index (Phi) is 19.8. The molecule has 27 heteroatoms. The number of hydrogen-bond acceptors (Lipinski definition) is 26. The number of aliphatic carboxylic acids is 1. The van der Waals surface area contributed by atoms with E-state index in [0.29, 0.717) is 25.7 Å². The predicted octanol–water partition coefficient (Wildman–Crippen LogP) is -6.71. The van der Waals surface area contributed by atoms with Crippen molar-refractivity contribution in [3.05, 3.63) is 12.2 Å². The summed E-state index contributed by atoms with van der Waals surface area (Å²) < 4.78 is 52.7. The van der Waals surface area contributed by atoms with Gasteiger partial charge in [0.15, 0.2) is 18.9 Å². The van der Waals surface area contributed by atoms with Gasteiger partial charge in [0, 0.05) is 12.0 Å². The normalized spacial score (nSPS) is 48.1. The highest BCUT2D eigenvalue weighted by Gasteiger charge is 2.56. The van der Waals surface area contributed by atoms with E-state index in [1.807, 2.05) is 0 Å². The van der Waals surface area contributed by atoms with Crippen LogP contribution in [-0.2, 0) is 57.0 Å². The van der Waals surface area contributed by atoms with E-state index in [1.54, 1.807) is 6.08 Å². The number of ether oxygens (including phenoxy) is 9. The van der Waals surface area contributed by atoms with Crippen molar-refractivity contribution in [3.63, 3.8) is 0 Å². The van der Waals surface area contributed by atoms with E-state index in [2.05, 4.69) is 0 Å². The van der Waals surface area contributed by atoms with Crippen molar-refractivity contribution < 1.29 is 134 Å². The maximum atomic E-state index is 12.7. The van der Waals surface area contributed by atoms with Crippen molar-refractivity contribution in [2.75, 3.05) is 19.8 Å². The van der Waals surface area contributed by atoms with Crippen molar-refractivity contribution in [3.8, 4) is 0 Å². The van der Waals surface area contributed by atoms with Crippen LogP contribution < -0.4 is 0 Å². The van der Waals surface area contributed by atoms with Crippen LogP contribution in [0.1, 0.15) is 64.2 Å². The van der Waals surface area contributed by atoms with Crippen molar-refractivity contribution in [2.45, 2.75) is 211 Å². The monoisotopic (exact) mass is 1040 g/mol. The molecule has 0 spiro atoms. The van der Waals surface area contributed by atoms with Crippen LogP contribution in [0, 0.1) is 17.8 Å². The highest BCUT2D eigenvalue weighted by atomic mass is 16.7. The fourth-order valence-electron chi connectivity index (χ4n) is 10.8. The zero-order chi connectivity index (χ0) is 52.3. The molecule has 15 N–H and O–H groups in total. The second-order valence-corrected chi connectivity index (χ2v) is 20.0. The van der Waals surface area contributed by atoms with E-state index in [-0.39, 0.29) is 38.0 Å². The Hall–Kier alpha value is -2.69. The Morgan fingerprint density at radius 1 is 0.514 bits per heavy atom. The largest absolute Gasteiger partial charge is 0.481 e. The van der Waals surface area contributed by atoms with E-state index in [9.17, 15) is 85.9 Å². The lowest BCUT2D eigenvalue weighted by Crippen LogP contribution is -2.64. The molecule has 4 aliphatic heterocycles. The number of carbonyl (C=O) groups is 3. The smallest absolute Gasteiger partial charge is 0.330 e. The highest BCUT2D eigenvalue weighted by Crippen LogP contribution is 2.45. The van der Waals surface area contributed by atoms with Gasteiger partial charge in [0.05, 0.1) is 55.4 Å². The molecule has 0 bridgehead atoms. The van der Waals surface area contributed by atoms with Gasteiger partial charge in [-0.05, 0) is 69.6 Å². The standard InChI is InChI=1S/C45H70O27/c46-13-26-33(55)36(58)39(61)43(70-26)67-23-7-17(8-24(32(23)54)68-44-40(62)37(59)34(56)27(71-44)14-64-30(52)6-3-16-1-4-18(47)5-2-16)42-25(11-20-21(49)9-19(48)10-22(20)66-42)69-45-41(63)38(60)35(57)28(72-45)15-65-31(53)12-29(50)51/h3,6,16-28,32-49,54-63H,1-2,4-5,7-15H2,(H,50,51). The summed E-state index contributed by atoms with van der Waals surface area (Å²) in [6.07, 6.45) is -34.4. The summed E-state index contributed by atoms with van der Waals surface area (Å²) in [5, 5.41) is 160. The zero-order valence-corrected chi connectivity index (χ0v) is 39.0. The fourth-order valence-corrected chi connectivity index (χ4v) is 10.8. The number of carbonyl (C=O) groups excluding carboxylic acids is 2. The summed E-state index contributed by atoms with van der Waals surface area (Å²) in [4.78, 5) is 35.8. The summed E-state index contributed by atoms with van der Waals surface area (Å²) in [7, 11) is 0. The molecule has 27 nitrogen and oxygen atoms in total. The minimum atomic E-state index is -2.00. The lowest BCUT2D eigenvalue weighted by Gasteiger charge is -2.52. The first-order valence-electron chi connectivity index (χ1n) is 24.4. The molecule has 0 aromatic carbocycles. The molecular formula is C45H70O27. The molecule has 4 heterocycles. The van der Waals surface area contributed by atoms with E-state index in [0.717, 1.165) is 0 Å². The zero-order valence-electron chi connectivity index (χ0n) is 39.0. The van der Waals surface area contributed by atoms with E-state index >= 15 is 0 Å². The average Bonchev–Trinajstić information content (AvgIpc) is 3.34. The second-order valence-electron chi connectivity index (χ2n) is 20.0. The Labute approximate surface area is 411 Å². The Balaban J connectivity index is 1.14. The third-order valence-electron chi connectivity index (χ3n) is 14.9. The first-order chi connectivity index (χ1) is 34.1. The number of aliphatic hydroxyl groups excluding tert-OH is 14. The number of rotatable bonds is 16. The van der Waals surface area contributed by atoms with Crippen molar-refractivity contribution >= 4 is 17.9 Å². The Morgan fingerprint density at radius 3 is 1.54 bits per heavy atom. The number of hydrogen-bond donors (Lipinski definition) is 15. The van der Waals surface area contributed by atoms with Crippen molar-refractivity contribution in [2.24, 2.45) is 17.8 Å². The van der Waals surface area contributed by atoms with E-state index in [4.69, 9.17) is 47.7 Å². The van der Waals surface area contributed by atoms with Crippen LogP contribution in [0.2, 0.25) is 0 Å². The molecule has 7 fully saturated rings. The van der Waals surface area contributed by atoms with Crippen LogP contribution in [0.5, 0.6) is 0 Å². The van der Waals surface area contributed by atoms with Gasteiger partial charge in [-0.2, -0.15) is 0 Å². The molecule has 0 aromatic rings. The number of carboxylic acids is 1. The molecule has 412 valence electrons. The lowest BCUT2D eigenvalue weighted by molar-refractivity contribution is -0.349. The third kappa shape index (κ3) is 13.5. The van der Waals surface area contributed by atoms with E-state index in [1.165, 1.54) is 6.08 Å². The average molecular weight is 1040 g/mol. The van der Waals surface area contributed by atoms with Crippen LogP contribution in [0.15, 0.2) is 12.2 Å². The molecule has 0 radical (unpaired) electrons. The molecular weight excluding hydrogens is 972 g/mol. The minimum Gasteiger partial charge on any atom is -0.481 e. The molecule has 25 atom stereocenters. The summed E-state index contributed by atoms with van der Waals surface area (Å²) in [5.41, 5.74) is 0. The van der Waals surface area contributed by atoms with Crippen LogP contribution in [0.4, 0.5) is 0 Å². The van der Waals surface area contributed by atoms with Gasteiger partial charge in [0.1, 0.15) is 99.0 Å². The van der Waals surface area contributed by atoms with Crippen LogP contribution in [-0.4, -0.2) is 261 Å². The van der Waals surface area contributed by atoms with Gasteiger partial charge in [-0.25, -0.2) is 4.79 Å².